The first-order chi connectivity index (χ1) is 14.7. The molecule has 0 unspecified atom stereocenters. The van der Waals surface area contributed by atoms with E-state index in [-0.39, 0.29) is 5.91 Å². The number of tetrazole rings is 1. The molecule has 1 fully saturated rings. The lowest BCUT2D eigenvalue weighted by atomic mass is 10.0. The van der Waals surface area contributed by atoms with Gasteiger partial charge in [-0.05, 0) is 48.2 Å². The van der Waals surface area contributed by atoms with Crippen LogP contribution in [0.1, 0.15) is 30.9 Å². The summed E-state index contributed by atoms with van der Waals surface area (Å²) in [6.07, 6.45) is 3.20. The van der Waals surface area contributed by atoms with Crippen LogP contribution in [0.15, 0.2) is 48.5 Å². The predicted molar refractivity (Wildman–Crippen MR) is 111 cm³/mol. The lowest BCUT2D eigenvalue weighted by Crippen LogP contribution is -2.41. The molecule has 8 nitrogen and oxygen atoms in total. The summed E-state index contributed by atoms with van der Waals surface area (Å²) in [6.45, 7) is 1.53. The Morgan fingerprint density at radius 2 is 1.70 bits per heavy atom. The largest absolute Gasteiger partial charge is 0.493 e. The summed E-state index contributed by atoms with van der Waals surface area (Å²) in [7, 11) is 3.16. The number of carbonyl (C=O) groups excluding carboxylic acids is 1. The van der Waals surface area contributed by atoms with Gasteiger partial charge in [-0.2, -0.15) is 0 Å². The summed E-state index contributed by atoms with van der Waals surface area (Å²) in [6, 6.07) is 14.4. The quantitative estimate of drug-likeness (QED) is 0.625. The molecular formula is C22H25N5O3. The highest BCUT2D eigenvalue weighted by molar-refractivity contribution is 5.83. The fourth-order valence-corrected chi connectivity index (χ4v) is 3.72. The first kappa shape index (κ1) is 19.9. The van der Waals surface area contributed by atoms with Crippen molar-refractivity contribution in [3.05, 3.63) is 54.1 Å². The number of benzene rings is 2. The molecule has 0 N–H and O–H groups in total. The smallest absolute Gasteiger partial charge is 0.254 e. The summed E-state index contributed by atoms with van der Waals surface area (Å²) >= 11 is 0. The summed E-state index contributed by atoms with van der Waals surface area (Å²) in [4.78, 5) is 16.7. The number of ether oxygens (including phenoxy) is 2. The van der Waals surface area contributed by atoms with E-state index in [2.05, 4.69) is 15.4 Å². The fraction of sp³-hybridized carbons (Fsp3) is 0.364. The summed E-state index contributed by atoms with van der Waals surface area (Å²) in [5.74, 6) is 1.62. The molecular weight excluding hydrogens is 382 g/mol. The number of rotatable bonds is 6. The zero-order valence-electron chi connectivity index (χ0n) is 17.2. The Balaban J connectivity index is 1.69. The van der Waals surface area contributed by atoms with Gasteiger partial charge in [0.25, 0.3) is 5.91 Å². The third-order valence-corrected chi connectivity index (χ3v) is 5.32. The second-order valence-corrected chi connectivity index (χ2v) is 7.20. The highest BCUT2D eigenvalue weighted by Crippen LogP contribution is 2.31. The molecule has 156 valence electrons. The van der Waals surface area contributed by atoms with Crippen LogP contribution >= 0.6 is 0 Å². The number of likely N-dealkylation sites (tertiary alicyclic amines) is 1. The molecule has 1 aliphatic heterocycles. The van der Waals surface area contributed by atoms with Gasteiger partial charge in [-0.15, -0.1) is 15.0 Å². The van der Waals surface area contributed by atoms with E-state index in [4.69, 9.17) is 9.47 Å². The molecule has 0 spiro atoms. The van der Waals surface area contributed by atoms with E-state index < -0.39 is 6.04 Å². The van der Waals surface area contributed by atoms with Crippen molar-refractivity contribution >= 4 is 5.91 Å². The predicted octanol–water partition coefficient (Wildman–Crippen LogP) is 2.96. The van der Waals surface area contributed by atoms with Crippen LogP contribution in [0.25, 0.3) is 11.4 Å². The monoisotopic (exact) mass is 407 g/mol. The average Bonchev–Trinajstić information content (AvgIpc) is 3.29. The minimum absolute atomic E-state index is 0.00263. The Morgan fingerprint density at radius 1 is 0.967 bits per heavy atom. The van der Waals surface area contributed by atoms with E-state index in [9.17, 15) is 4.79 Å². The summed E-state index contributed by atoms with van der Waals surface area (Å²) in [5.41, 5.74) is 1.57. The number of amides is 1. The average molecular weight is 407 g/mol. The highest BCUT2D eigenvalue weighted by Gasteiger charge is 2.30. The molecule has 8 heteroatoms. The molecule has 1 amide bonds. The lowest BCUT2D eigenvalue weighted by molar-refractivity contribution is -0.135. The zero-order valence-corrected chi connectivity index (χ0v) is 17.2. The third kappa shape index (κ3) is 3.98. The summed E-state index contributed by atoms with van der Waals surface area (Å²) in [5, 5.41) is 13.0. The van der Waals surface area contributed by atoms with E-state index in [1.807, 2.05) is 41.3 Å². The molecule has 1 atom stereocenters. The maximum Gasteiger partial charge on any atom is 0.254 e. The molecule has 0 aliphatic carbocycles. The third-order valence-electron chi connectivity index (χ3n) is 5.32. The lowest BCUT2D eigenvalue weighted by Gasteiger charge is -2.30. The van der Waals surface area contributed by atoms with Gasteiger partial charge < -0.3 is 14.4 Å². The van der Waals surface area contributed by atoms with E-state index in [0.717, 1.165) is 43.5 Å². The van der Waals surface area contributed by atoms with Gasteiger partial charge in [0.15, 0.2) is 17.5 Å². The molecule has 1 saturated heterocycles. The molecule has 1 aromatic heterocycles. The Kier molecular flexibility index (Phi) is 5.92. The first-order valence-corrected chi connectivity index (χ1v) is 10.1. The minimum Gasteiger partial charge on any atom is -0.493 e. The van der Waals surface area contributed by atoms with Crippen molar-refractivity contribution < 1.29 is 14.3 Å². The number of nitrogens with zero attached hydrogens (tertiary/aromatic N) is 5. The van der Waals surface area contributed by atoms with E-state index in [0.29, 0.717) is 17.3 Å². The Hall–Kier alpha value is -3.42. The van der Waals surface area contributed by atoms with Gasteiger partial charge in [0.1, 0.15) is 0 Å². The van der Waals surface area contributed by atoms with Crippen molar-refractivity contribution in [2.75, 3.05) is 27.3 Å². The fourth-order valence-electron chi connectivity index (χ4n) is 3.72. The van der Waals surface area contributed by atoms with Gasteiger partial charge in [0, 0.05) is 18.7 Å². The van der Waals surface area contributed by atoms with Crippen LogP contribution < -0.4 is 9.47 Å². The zero-order chi connectivity index (χ0) is 20.9. The van der Waals surface area contributed by atoms with Crippen LogP contribution in [0, 0.1) is 0 Å². The molecule has 3 aromatic rings. The van der Waals surface area contributed by atoms with Crippen molar-refractivity contribution in [3.63, 3.8) is 0 Å². The Morgan fingerprint density at radius 3 is 2.40 bits per heavy atom. The van der Waals surface area contributed by atoms with E-state index >= 15 is 0 Å². The maximum atomic E-state index is 13.4. The van der Waals surface area contributed by atoms with Crippen molar-refractivity contribution in [2.24, 2.45) is 0 Å². The Bertz CT molecular complexity index is 999. The second-order valence-electron chi connectivity index (χ2n) is 7.20. The molecule has 2 aromatic carbocycles. The molecule has 0 saturated carbocycles. The van der Waals surface area contributed by atoms with Gasteiger partial charge in [-0.3, -0.25) is 4.79 Å². The molecule has 4 rings (SSSR count). The summed E-state index contributed by atoms with van der Waals surface area (Å²) < 4.78 is 10.7. The number of hydrogen-bond donors (Lipinski definition) is 0. The minimum atomic E-state index is -0.648. The molecule has 30 heavy (non-hydrogen) atoms. The molecule has 0 bridgehead atoms. The molecule has 2 heterocycles. The maximum absolute atomic E-state index is 13.4. The topological polar surface area (TPSA) is 82.4 Å². The van der Waals surface area contributed by atoms with Crippen LogP contribution in [0.5, 0.6) is 11.5 Å². The van der Waals surface area contributed by atoms with Crippen molar-refractivity contribution in [1.29, 1.82) is 0 Å². The number of methoxy groups -OCH3 is 2. The van der Waals surface area contributed by atoms with E-state index in [1.165, 1.54) is 4.80 Å². The van der Waals surface area contributed by atoms with E-state index in [1.54, 1.807) is 26.4 Å². The molecule has 0 radical (unpaired) electrons. The van der Waals surface area contributed by atoms with Gasteiger partial charge in [-0.25, -0.2) is 0 Å². The SMILES string of the molecule is COc1ccc(-c2nnn([C@H](C(=O)N3CCCCC3)c3ccccc3)n2)cc1OC. The van der Waals surface area contributed by atoms with Crippen LogP contribution in [-0.2, 0) is 4.79 Å². The van der Waals surface area contributed by atoms with Gasteiger partial charge >= 0.3 is 0 Å². The number of hydrogen-bond acceptors (Lipinski definition) is 6. The van der Waals surface area contributed by atoms with Gasteiger partial charge in [0.2, 0.25) is 5.82 Å². The van der Waals surface area contributed by atoms with Crippen LogP contribution in [0.4, 0.5) is 0 Å². The normalized spacial score (nSPS) is 14.9. The van der Waals surface area contributed by atoms with Gasteiger partial charge in [0.05, 0.1) is 14.2 Å². The van der Waals surface area contributed by atoms with Crippen molar-refractivity contribution in [2.45, 2.75) is 25.3 Å². The van der Waals surface area contributed by atoms with Crippen LogP contribution in [0.3, 0.4) is 0 Å². The highest BCUT2D eigenvalue weighted by atomic mass is 16.5. The number of aromatic nitrogens is 4. The van der Waals surface area contributed by atoms with Crippen LogP contribution in [0.2, 0.25) is 0 Å². The van der Waals surface area contributed by atoms with Gasteiger partial charge in [-0.1, -0.05) is 30.3 Å². The number of carbonyl (C=O) groups is 1. The molecule has 1 aliphatic rings. The Labute approximate surface area is 175 Å². The first-order valence-electron chi connectivity index (χ1n) is 10.1. The standard InChI is InChI=1S/C22H25N5O3/c1-29-18-12-11-17(15-19(18)30-2)21-23-25-27(24-21)20(16-9-5-3-6-10-16)22(28)26-13-7-4-8-14-26/h3,5-6,9-12,15,20H,4,7-8,13-14H2,1-2H3/t20-/m0/s1. The number of piperidine rings is 1. The van der Waals surface area contributed by atoms with Crippen molar-refractivity contribution in [3.8, 4) is 22.9 Å². The van der Waals surface area contributed by atoms with Crippen molar-refractivity contribution in [1.82, 2.24) is 25.1 Å². The van der Waals surface area contributed by atoms with Crippen LogP contribution in [-0.4, -0.2) is 58.3 Å². The second kappa shape index (κ2) is 8.94.